The first-order chi connectivity index (χ1) is 46.2. The van der Waals surface area contributed by atoms with Crippen molar-refractivity contribution in [2.24, 2.45) is 53.6 Å². The summed E-state index contributed by atoms with van der Waals surface area (Å²) >= 11 is 0. The summed E-state index contributed by atoms with van der Waals surface area (Å²) in [5.74, 6) is -0.244. The predicted octanol–water partition coefficient (Wildman–Crippen LogP) is 10.3. The van der Waals surface area contributed by atoms with Gasteiger partial charge in [0.25, 0.3) is 6.47 Å². The Balaban J connectivity index is 0.000000327. The van der Waals surface area contributed by atoms with Gasteiger partial charge >= 0.3 is 65.3 Å². The minimum Gasteiger partial charge on any atom is -0.629 e. The second kappa shape index (κ2) is 38.7. The van der Waals surface area contributed by atoms with Crippen molar-refractivity contribution in [1.82, 2.24) is 10.6 Å². The zero-order valence-corrected chi connectivity index (χ0v) is 67.0. The molecule has 8 atom stereocenters. The molecule has 99 heavy (non-hydrogen) atoms. The van der Waals surface area contributed by atoms with E-state index in [0.29, 0.717) is 61.7 Å². The quantitative estimate of drug-likeness (QED) is 0.0210. The molecule has 0 radical (unpaired) electrons. The van der Waals surface area contributed by atoms with Crippen molar-refractivity contribution in [3.63, 3.8) is 0 Å². The minimum absolute atomic E-state index is 0. The number of aliphatic hydroxyl groups is 2. The molecule has 2 saturated heterocycles. The number of rotatable bonds is 21. The molecule has 0 amide bonds. The second-order valence-electron chi connectivity index (χ2n) is 25.8. The Kier molecular flexibility index (Phi) is 32.9. The third-order valence-corrected chi connectivity index (χ3v) is 20.0. The molecule has 0 aromatic carbocycles. The molecule has 1 aliphatic carbocycles. The number of aliphatic hydroxyl groups excluding tert-OH is 2. The van der Waals surface area contributed by atoms with Crippen LogP contribution in [-0.4, -0.2) is 89.1 Å². The van der Waals surface area contributed by atoms with Crippen molar-refractivity contribution >= 4 is 64.8 Å². The zero-order valence-electron chi connectivity index (χ0n) is 60.7. The van der Waals surface area contributed by atoms with Gasteiger partial charge in [-0.3, -0.25) is 4.79 Å². The monoisotopic (exact) mass is 1400 g/mol. The average molecular weight is 1400 g/mol. The Morgan fingerprint density at radius 3 is 1.55 bits per heavy atom. The molecule has 0 aromatic heterocycles. The minimum atomic E-state index is -0.984. The summed E-state index contributed by atoms with van der Waals surface area (Å²) < 4.78 is 18.0. The van der Waals surface area contributed by atoms with Crippen molar-refractivity contribution in [3.8, 4) is 0 Å². The maximum atomic E-state index is 12.4. The molecular weight excluding hydrogens is 1300 g/mol. The van der Waals surface area contributed by atoms with Crippen LogP contribution < -0.4 is 74.9 Å². The fourth-order valence-electron chi connectivity index (χ4n) is 14.6. The molecule has 16 bridgehead atoms. The SMILES string of the molecule is C.CCCCCCOC(C)C1=C(C)C2=NC1=CC1=NC(=CC3=C(C)C4=C(O)CC(=C5NC(=C2)[C@@H](C)[C@@H]5CCOC=O)C4=N3)C(CC)=C1C.O=C=O.PP.[CH2-]C[C@@H]1C2=CC3=NC(=C(C)C3=C([O-])O)C=C3N=C(C=C4N=C(C=C(N2)[C@H]1C)C(C)=C4C(C)OCCCCCC)C(C)=C3CC.[Na+].[Na+]. The van der Waals surface area contributed by atoms with Crippen LogP contribution in [0.25, 0.3) is 0 Å². The van der Waals surface area contributed by atoms with Gasteiger partial charge in [-0.25, -0.2) is 30.0 Å². The van der Waals surface area contributed by atoms with Crippen molar-refractivity contribution in [1.29, 1.82) is 0 Å². The molecule has 21 heteroatoms. The number of hydrogen-bond donors (Lipinski definition) is 4. The van der Waals surface area contributed by atoms with Crippen molar-refractivity contribution in [3.05, 3.63) is 191 Å². The molecule has 10 aliphatic heterocycles. The first kappa shape index (κ1) is 84.1. The van der Waals surface area contributed by atoms with E-state index in [1.165, 1.54) is 44.1 Å². The molecule has 4 unspecified atom stereocenters. The van der Waals surface area contributed by atoms with Crippen LogP contribution in [0.15, 0.2) is 214 Å². The molecule has 520 valence electrons. The topological polar surface area (TPSA) is 241 Å². The number of unbranched alkanes of at least 4 members (excludes halogenated alkanes) is 6. The van der Waals surface area contributed by atoms with Crippen LogP contribution in [0.5, 0.6) is 0 Å². The van der Waals surface area contributed by atoms with Crippen molar-refractivity contribution < 1.29 is 103 Å². The Morgan fingerprint density at radius 1 is 0.626 bits per heavy atom. The van der Waals surface area contributed by atoms with Gasteiger partial charge in [0.1, 0.15) is 5.76 Å². The van der Waals surface area contributed by atoms with E-state index in [1.807, 2.05) is 26.0 Å². The van der Waals surface area contributed by atoms with Crippen LogP contribution in [0.3, 0.4) is 0 Å². The molecule has 0 saturated carbocycles. The smallest absolute Gasteiger partial charge is 0.629 e. The van der Waals surface area contributed by atoms with Crippen molar-refractivity contribution in [2.45, 2.75) is 200 Å². The summed E-state index contributed by atoms with van der Waals surface area (Å²) in [7, 11) is 4.67. The van der Waals surface area contributed by atoms with Crippen LogP contribution in [0.1, 0.15) is 188 Å². The van der Waals surface area contributed by atoms with Gasteiger partial charge in [0.15, 0.2) is 0 Å². The van der Waals surface area contributed by atoms with Crippen LogP contribution in [-0.2, 0) is 28.6 Å². The Hall–Kier alpha value is -5.51. The van der Waals surface area contributed by atoms with Crippen LogP contribution in [0.2, 0.25) is 0 Å². The second-order valence-corrected chi connectivity index (χ2v) is 25.8. The Bertz CT molecular complexity index is 3950. The van der Waals surface area contributed by atoms with Gasteiger partial charge in [0, 0.05) is 88.0 Å². The fourth-order valence-corrected chi connectivity index (χ4v) is 14.6. The number of fused-ring (bicyclic) bond motifs is 10. The number of ether oxygens (including phenoxy) is 3. The molecule has 2 fully saturated rings. The molecular formula is C78H102N8Na2O9P2. The Morgan fingerprint density at radius 2 is 1.08 bits per heavy atom. The van der Waals surface area contributed by atoms with Crippen molar-refractivity contribution in [2.75, 3.05) is 19.8 Å². The van der Waals surface area contributed by atoms with E-state index < -0.39 is 5.95 Å². The van der Waals surface area contributed by atoms with Gasteiger partial charge in [-0.15, -0.1) is 17.9 Å². The summed E-state index contributed by atoms with van der Waals surface area (Å²) in [4.78, 5) is 57.9. The summed E-state index contributed by atoms with van der Waals surface area (Å²) in [5, 5.41) is 41.3. The molecule has 17 nitrogen and oxygen atoms in total. The molecule has 0 aromatic rings. The first-order valence-corrected chi connectivity index (χ1v) is 36.9. The van der Waals surface area contributed by atoms with E-state index in [-0.39, 0.29) is 114 Å². The number of carbonyl (C=O) groups is 1. The Labute approximate surface area is 637 Å². The predicted molar refractivity (Wildman–Crippen MR) is 397 cm³/mol. The number of nitrogens with zero attached hydrogens (tertiary/aromatic N) is 6. The van der Waals surface area contributed by atoms with E-state index in [9.17, 15) is 20.1 Å². The fraction of sp³-hybridized carbons (Fsp3) is 0.474. The van der Waals surface area contributed by atoms with E-state index in [4.69, 9.17) is 53.8 Å². The summed E-state index contributed by atoms with van der Waals surface area (Å²) in [5.41, 5.74) is 26.4. The average Bonchev–Trinajstić information content (AvgIpc) is 1.59. The van der Waals surface area contributed by atoms with E-state index >= 15 is 0 Å². The van der Waals surface area contributed by atoms with Gasteiger partial charge in [0.2, 0.25) is 0 Å². The molecule has 4 N–H and O–H groups in total. The largest absolute Gasteiger partial charge is 1.00 e. The normalized spacial score (nSPS) is 22.7. The third-order valence-electron chi connectivity index (χ3n) is 20.0. The van der Waals surface area contributed by atoms with Gasteiger partial charge < -0.3 is 47.1 Å². The number of carbonyl (C=O) groups excluding carboxylic acids is 3. The van der Waals surface area contributed by atoms with Crippen LogP contribution in [0.4, 0.5) is 0 Å². The van der Waals surface area contributed by atoms with E-state index in [0.717, 1.165) is 168 Å². The van der Waals surface area contributed by atoms with Crippen LogP contribution >= 0.6 is 17.9 Å². The third kappa shape index (κ3) is 18.3. The molecule has 0 spiro atoms. The molecule has 11 rings (SSSR count). The summed E-state index contributed by atoms with van der Waals surface area (Å²) in [6.07, 6.45) is 27.1. The van der Waals surface area contributed by atoms with Gasteiger partial charge in [-0.05, 0) is 181 Å². The summed E-state index contributed by atoms with van der Waals surface area (Å²) in [6.45, 7) is 36.2. The maximum Gasteiger partial charge on any atom is 1.00 e. The zero-order chi connectivity index (χ0) is 69.8. The first-order valence-electron chi connectivity index (χ1n) is 34.2. The maximum absolute atomic E-state index is 12.4. The van der Waals surface area contributed by atoms with Gasteiger partial charge in [-0.1, -0.05) is 87.5 Å². The number of hydrogen-bond acceptors (Lipinski definition) is 17. The standard InChI is InChI=1S/C39H48N4O4.C37H47N4O3.CO2.CH4.2Na.H4P2/c1-8-10-11-12-14-47-25(7)36-23(5)31-17-30-22(4)27(13-15-46-20-44)38(42-30)28-16-35(45)37-24(6)32(43-39(28)37)18-33-26(9-2)21(3)29(40-33)19-34(36)41-31;1-9-12-13-14-15-44-24(8)35-22(6)29-16-27-20(4)26(11-3)32(38-27)19-34-36(37(42)43)23(7)30(41-34)17-31-25(10-2)21(5)28(39-31)18-33(35)40-29;2-1-3;;;;1-2/h17-20,22,25,27,42,45H,8-16H2,1-7H3;16-20,24,26,38,42-43H,3,9-15H2,1-2,4-8H3;;1H4;;;1-2H2/q;-1;;;2*+1;/p-1/t22-,25?,27-;20-,24?,26-;;;;;/m00...../s1. The van der Waals surface area contributed by atoms with Gasteiger partial charge in [-0.2, -0.15) is 16.0 Å². The number of aliphatic imine (C=N–C) groups is 6. The number of allylic oxidation sites excluding steroid dienone is 22. The molecule has 10 heterocycles. The molecule has 11 aliphatic rings. The number of nitrogens with one attached hydrogen (secondary N) is 2. The summed E-state index contributed by atoms with van der Waals surface area (Å²) in [6, 6.07) is 0. The van der Waals surface area contributed by atoms with E-state index in [2.05, 4.69) is 149 Å². The van der Waals surface area contributed by atoms with Gasteiger partial charge in [0.05, 0.1) is 93.2 Å². The van der Waals surface area contributed by atoms with Crippen LogP contribution in [0, 0.1) is 30.6 Å². The van der Waals surface area contributed by atoms with E-state index in [1.54, 1.807) is 0 Å².